The van der Waals surface area contributed by atoms with Crippen molar-refractivity contribution in [2.45, 2.75) is 59.1 Å². The Bertz CT molecular complexity index is 388. The summed E-state index contributed by atoms with van der Waals surface area (Å²) < 4.78 is 6.10. The Morgan fingerprint density at radius 3 is 2.90 bits per heavy atom. The molecule has 0 aromatic carbocycles. The molecule has 3 atom stereocenters. The van der Waals surface area contributed by atoms with E-state index in [-0.39, 0.29) is 0 Å². The van der Waals surface area contributed by atoms with Crippen molar-refractivity contribution in [1.82, 2.24) is 5.32 Å². The van der Waals surface area contributed by atoms with Gasteiger partial charge in [0, 0.05) is 17.5 Å². The van der Waals surface area contributed by atoms with Gasteiger partial charge in [0.1, 0.15) is 0 Å². The largest absolute Gasteiger partial charge is 0.377 e. The maximum Gasteiger partial charge on any atom is 0.0594 e. The summed E-state index contributed by atoms with van der Waals surface area (Å²) in [6.07, 6.45) is 4.22. The van der Waals surface area contributed by atoms with E-state index in [4.69, 9.17) is 4.74 Å². The molecule has 0 spiro atoms. The lowest BCUT2D eigenvalue weighted by atomic mass is 9.71. The van der Waals surface area contributed by atoms with E-state index in [2.05, 4.69) is 50.5 Å². The summed E-state index contributed by atoms with van der Waals surface area (Å²) in [5.41, 5.74) is 0.444. The van der Waals surface area contributed by atoms with E-state index in [1.54, 1.807) is 0 Å². The van der Waals surface area contributed by atoms with Crippen LogP contribution in [-0.4, -0.2) is 19.3 Å². The van der Waals surface area contributed by atoms with Crippen molar-refractivity contribution >= 4 is 11.3 Å². The normalized spacial score (nSPS) is 27.4. The SMILES string of the molecule is CC1CC(OCCNC(C)c2cccs2)CC(C)(C)C1. The lowest BCUT2D eigenvalue weighted by Gasteiger charge is -2.38. The molecule has 2 nitrogen and oxygen atoms in total. The quantitative estimate of drug-likeness (QED) is 0.773. The van der Waals surface area contributed by atoms with E-state index in [1.807, 2.05) is 11.3 Å². The van der Waals surface area contributed by atoms with Gasteiger partial charge in [-0.15, -0.1) is 11.3 Å². The molecule has 1 N–H and O–H groups in total. The zero-order valence-electron chi connectivity index (χ0n) is 13.3. The molecule has 0 aliphatic heterocycles. The molecule has 1 saturated carbocycles. The van der Waals surface area contributed by atoms with Crippen LogP contribution >= 0.6 is 11.3 Å². The summed E-state index contributed by atoms with van der Waals surface area (Å²) in [6, 6.07) is 4.73. The summed E-state index contributed by atoms with van der Waals surface area (Å²) in [6.45, 7) is 11.1. The Kier molecular flexibility index (Phi) is 5.65. The van der Waals surface area contributed by atoms with E-state index >= 15 is 0 Å². The number of nitrogens with one attached hydrogen (secondary N) is 1. The van der Waals surface area contributed by atoms with Crippen LogP contribution in [0.15, 0.2) is 17.5 Å². The molecule has 114 valence electrons. The van der Waals surface area contributed by atoms with Gasteiger partial charge in [-0.3, -0.25) is 0 Å². The van der Waals surface area contributed by atoms with Crippen molar-refractivity contribution in [2.24, 2.45) is 11.3 Å². The molecule has 0 bridgehead atoms. The van der Waals surface area contributed by atoms with Gasteiger partial charge in [0.15, 0.2) is 0 Å². The summed E-state index contributed by atoms with van der Waals surface area (Å²) in [7, 11) is 0. The minimum atomic E-state index is 0.431. The predicted molar refractivity (Wildman–Crippen MR) is 87.3 cm³/mol. The first-order chi connectivity index (χ1) is 9.46. The van der Waals surface area contributed by atoms with Crippen molar-refractivity contribution in [2.75, 3.05) is 13.2 Å². The molecule has 0 radical (unpaired) electrons. The Hall–Kier alpha value is -0.380. The highest BCUT2D eigenvalue weighted by Gasteiger charge is 2.32. The van der Waals surface area contributed by atoms with Crippen LogP contribution in [0.25, 0.3) is 0 Å². The lowest BCUT2D eigenvalue weighted by Crippen LogP contribution is -2.34. The number of ether oxygens (including phenoxy) is 1. The van der Waals surface area contributed by atoms with Crippen molar-refractivity contribution in [3.8, 4) is 0 Å². The van der Waals surface area contributed by atoms with Crippen molar-refractivity contribution in [3.05, 3.63) is 22.4 Å². The van der Waals surface area contributed by atoms with Crippen molar-refractivity contribution in [3.63, 3.8) is 0 Å². The fourth-order valence-corrected chi connectivity index (χ4v) is 4.28. The number of hydrogen-bond acceptors (Lipinski definition) is 3. The van der Waals surface area contributed by atoms with Crippen LogP contribution in [0.5, 0.6) is 0 Å². The first-order valence-corrected chi connectivity index (χ1v) is 8.72. The minimum Gasteiger partial charge on any atom is -0.377 e. The predicted octanol–water partition coefficient (Wildman–Crippen LogP) is 4.63. The van der Waals surface area contributed by atoms with Crippen LogP contribution in [0, 0.1) is 11.3 Å². The van der Waals surface area contributed by atoms with Crippen LogP contribution in [0.4, 0.5) is 0 Å². The maximum absolute atomic E-state index is 6.10. The molecular weight excluding hydrogens is 266 g/mol. The zero-order valence-corrected chi connectivity index (χ0v) is 14.1. The molecule has 0 amide bonds. The van der Waals surface area contributed by atoms with Gasteiger partial charge in [-0.05, 0) is 49.0 Å². The highest BCUT2D eigenvalue weighted by molar-refractivity contribution is 7.10. The fourth-order valence-electron chi connectivity index (χ4n) is 3.52. The third-order valence-corrected chi connectivity index (χ3v) is 5.28. The van der Waals surface area contributed by atoms with E-state index in [0.29, 0.717) is 17.6 Å². The molecule has 3 unspecified atom stereocenters. The Labute approximate surface area is 127 Å². The highest BCUT2D eigenvalue weighted by Crippen LogP contribution is 2.39. The zero-order chi connectivity index (χ0) is 14.6. The van der Waals surface area contributed by atoms with Gasteiger partial charge in [0.05, 0.1) is 12.7 Å². The smallest absolute Gasteiger partial charge is 0.0594 e. The second kappa shape index (κ2) is 7.06. The lowest BCUT2D eigenvalue weighted by molar-refractivity contribution is -0.0217. The van der Waals surface area contributed by atoms with E-state index in [9.17, 15) is 0 Å². The second-order valence-corrected chi connectivity index (χ2v) is 8.08. The standard InChI is InChI=1S/C17H29NOS/c1-13-10-15(12-17(3,4)11-13)19-8-7-18-14(2)16-6-5-9-20-16/h5-6,9,13-15,18H,7-8,10-12H2,1-4H3. The summed E-state index contributed by atoms with van der Waals surface area (Å²) in [5.74, 6) is 0.793. The molecule has 2 rings (SSSR count). The molecule has 20 heavy (non-hydrogen) atoms. The second-order valence-electron chi connectivity index (χ2n) is 7.10. The summed E-state index contributed by atoms with van der Waals surface area (Å²) in [4.78, 5) is 1.40. The van der Waals surface area contributed by atoms with E-state index < -0.39 is 0 Å². The maximum atomic E-state index is 6.10. The molecule has 1 aromatic rings. The molecule has 0 saturated heterocycles. The number of hydrogen-bond donors (Lipinski definition) is 1. The summed E-state index contributed by atoms with van der Waals surface area (Å²) in [5, 5.41) is 5.68. The van der Waals surface area contributed by atoms with Crippen LogP contribution < -0.4 is 5.32 Å². The third-order valence-electron chi connectivity index (χ3n) is 4.22. The Morgan fingerprint density at radius 1 is 1.45 bits per heavy atom. The molecule has 1 aliphatic rings. The third kappa shape index (κ3) is 4.87. The molecule has 3 heteroatoms. The van der Waals surface area contributed by atoms with E-state index in [1.165, 1.54) is 24.1 Å². The molecule has 1 fully saturated rings. The van der Waals surface area contributed by atoms with Gasteiger partial charge >= 0.3 is 0 Å². The molecular formula is C17H29NOS. The van der Waals surface area contributed by atoms with Crippen molar-refractivity contribution in [1.29, 1.82) is 0 Å². The fraction of sp³-hybridized carbons (Fsp3) is 0.765. The molecule has 1 heterocycles. The van der Waals surface area contributed by atoms with Crippen LogP contribution in [0.3, 0.4) is 0 Å². The first kappa shape index (κ1) is 16.0. The van der Waals surface area contributed by atoms with Gasteiger partial charge in [-0.25, -0.2) is 0 Å². The van der Waals surface area contributed by atoms with Crippen molar-refractivity contribution < 1.29 is 4.74 Å². The monoisotopic (exact) mass is 295 g/mol. The Morgan fingerprint density at radius 2 is 2.25 bits per heavy atom. The summed E-state index contributed by atoms with van der Waals surface area (Å²) >= 11 is 1.81. The van der Waals surface area contributed by atoms with Gasteiger partial charge in [-0.2, -0.15) is 0 Å². The van der Waals surface area contributed by atoms with Gasteiger partial charge < -0.3 is 10.1 Å². The average Bonchev–Trinajstić information content (AvgIpc) is 2.85. The first-order valence-electron chi connectivity index (χ1n) is 7.85. The van der Waals surface area contributed by atoms with Crippen LogP contribution in [-0.2, 0) is 4.74 Å². The number of rotatable bonds is 6. The highest BCUT2D eigenvalue weighted by atomic mass is 32.1. The molecule has 1 aromatic heterocycles. The minimum absolute atomic E-state index is 0.431. The van der Waals surface area contributed by atoms with Gasteiger partial charge in [0.25, 0.3) is 0 Å². The van der Waals surface area contributed by atoms with Gasteiger partial charge in [0.2, 0.25) is 0 Å². The topological polar surface area (TPSA) is 21.3 Å². The number of thiophene rings is 1. The Balaban J connectivity index is 1.66. The van der Waals surface area contributed by atoms with Crippen LogP contribution in [0.1, 0.15) is 57.9 Å². The average molecular weight is 295 g/mol. The van der Waals surface area contributed by atoms with E-state index in [0.717, 1.165) is 19.1 Å². The molecule has 1 aliphatic carbocycles. The van der Waals surface area contributed by atoms with Gasteiger partial charge in [-0.1, -0.05) is 26.8 Å². The van der Waals surface area contributed by atoms with Crippen LogP contribution in [0.2, 0.25) is 0 Å².